The Balaban J connectivity index is 2.30. The second kappa shape index (κ2) is 7.62. The molecule has 0 bridgehead atoms. The topological polar surface area (TPSA) is 52.6 Å². The van der Waals surface area contributed by atoms with Crippen LogP contribution in [0.4, 0.5) is 4.79 Å². The maximum Gasteiger partial charge on any atom is 0.317 e. The number of aliphatic hydroxyl groups excluding tert-OH is 1. The maximum absolute atomic E-state index is 11.9. The zero-order chi connectivity index (χ0) is 13.5. The molecular formula is C14H28N2O2. The molecule has 1 aliphatic rings. The average molecular weight is 256 g/mol. The van der Waals surface area contributed by atoms with Crippen LogP contribution in [0.5, 0.6) is 0 Å². The summed E-state index contributed by atoms with van der Waals surface area (Å²) in [5.74, 6) is 0.859. The van der Waals surface area contributed by atoms with E-state index >= 15 is 0 Å². The minimum Gasteiger partial charge on any atom is -0.394 e. The van der Waals surface area contributed by atoms with Crippen LogP contribution in [0.3, 0.4) is 0 Å². The number of nitrogens with one attached hydrogen (secondary N) is 1. The van der Waals surface area contributed by atoms with E-state index in [0.717, 1.165) is 18.8 Å². The molecule has 4 nitrogen and oxygen atoms in total. The third kappa shape index (κ3) is 4.48. The van der Waals surface area contributed by atoms with Crippen LogP contribution in [-0.2, 0) is 0 Å². The van der Waals surface area contributed by atoms with E-state index in [9.17, 15) is 4.79 Å². The predicted octanol–water partition coefficient (Wildman–Crippen LogP) is 2.37. The normalized spacial score (nSPS) is 25.6. The monoisotopic (exact) mass is 256 g/mol. The maximum atomic E-state index is 11.9. The van der Waals surface area contributed by atoms with Gasteiger partial charge >= 0.3 is 6.03 Å². The fourth-order valence-corrected chi connectivity index (χ4v) is 2.60. The number of likely N-dealkylation sites (N-methyl/N-ethyl adjacent to an activating group) is 1. The molecule has 18 heavy (non-hydrogen) atoms. The van der Waals surface area contributed by atoms with E-state index in [0.29, 0.717) is 6.04 Å². The number of nitrogens with zero attached hydrogens (tertiary/aromatic N) is 1. The van der Waals surface area contributed by atoms with Gasteiger partial charge in [0.15, 0.2) is 0 Å². The van der Waals surface area contributed by atoms with E-state index in [1.807, 2.05) is 6.92 Å². The minimum atomic E-state index is -0.124. The van der Waals surface area contributed by atoms with Gasteiger partial charge in [0.2, 0.25) is 0 Å². The van der Waals surface area contributed by atoms with Crippen LogP contribution in [-0.4, -0.2) is 41.8 Å². The summed E-state index contributed by atoms with van der Waals surface area (Å²) in [5.41, 5.74) is 0. The fraction of sp³-hybridized carbons (Fsp3) is 0.929. The van der Waals surface area contributed by atoms with Crippen LogP contribution in [0.2, 0.25) is 0 Å². The molecule has 0 aromatic heterocycles. The molecule has 1 aliphatic carbocycles. The van der Waals surface area contributed by atoms with Crippen molar-refractivity contribution in [3.63, 3.8) is 0 Å². The van der Waals surface area contributed by atoms with Gasteiger partial charge in [0.25, 0.3) is 0 Å². The number of hydrogen-bond donors (Lipinski definition) is 2. The molecule has 106 valence electrons. The van der Waals surface area contributed by atoms with Crippen molar-refractivity contribution in [1.29, 1.82) is 0 Å². The Hall–Kier alpha value is -0.770. The van der Waals surface area contributed by atoms with Gasteiger partial charge in [0.05, 0.1) is 12.6 Å². The van der Waals surface area contributed by atoms with Crippen LogP contribution >= 0.6 is 0 Å². The van der Waals surface area contributed by atoms with Crippen molar-refractivity contribution >= 4 is 6.03 Å². The number of carbonyl (C=O) groups is 1. The average Bonchev–Trinajstić information content (AvgIpc) is 2.39. The van der Waals surface area contributed by atoms with Gasteiger partial charge in [-0.15, -0.1) is 0 Å². The Morgan fingerprint density at radius 1 is 1.39 bits per heavy atom. The van der Waals surface area contributed by atoms with Crippen molar-refractivity contribution in [2.45, 2.75) is 64.5 Å². The molecule has 0 aromatic rings. The summed E-state index contributed by atoms with van der Waals surface area (Å²) in [5, 5.41) is 12.1. The third-order valence-corrected chi connectivity index (χ3v) is 4.12. The summed E-state index contributed by atoms with van der Waals surface area (Å²) in [4.78, 5) is 13.5. The summed E-state index contributed by atoms with van der Waals surface area (Å²) in [7, 11) is 1.74. The predicted molar refractivity (Wildman–Crippen MR) is 73.5 cm³/mol. The van der Waals surface area contributed by atoms with Gasteiger partial charge in [0, 0.05) is 13.1 Å². The fourth-order valence-electron chi connectivity index (χ4n) is 2.60. The van der Waals surface area contributed by atoms with E-state index in [1.54, 1.807) is 11.9 Å². The van der Waals surface area contributed by atoms with Gasteiger partial charge in [-0.05, 0) is 38.5 Å². The van der Waals surface area contributed by atoms with E-state index in [-0.39, 0.29) is 18.7 Å². The SMILES string of the molecule is CCCC1CCC(NC(=O)N(C)C(C)CO)CC1. The molecule has 0 saturated heterocycles. The first-order valence-corrected chi connectivity index (χ1v) is 7.22. The van der Waals surface area contributed by atoms with E-state index in [1.165, 1.54) is 25.7 Å². The van der Waals surface area contributed by atoms with Crippen molar-refractivity contribution in [2.24, 2.45) is 5.92 Å². The molecule has 1 unspecified atom stereocenters. The lowest BCUT2D eigenvalue weighted by Crippen LogP contribution is -2.48. The zero-order valence-corrected chi connectivity index (χ0v) is 12.0. The largest absolute Gasteiger partial charge is 0.394 e. The zero-order valence-electron chi connectivity index (χ0n) is 12.0. The van der Waals surface area contributed by atoms with E-state index in [4.69, 9.17) is 5.11 Å². The second-order valence-electron chi connectivity index (χ2n) is 5.60. The molecule has 1 saturated carbocycles. The highest BCUT2D eigenvalue weighted by Gasteiger charge is 2.23. The smallest absolute Gasteiger partial charge is 0.317 e. The number of hydrogen-bond acceptors (Lipinski definition) is 2. The molecule has 0 aliphatic heterocycles. The highest BCUT2D eigenvalue weighted by Crippen LogP contribution is 2.27. The van der Waals surface area contributed by atoms with Crippen LogP contribution in [0, 0.1) is 5.92 Å². The molecule has 0 radical (unpaired) electrons. The first-order chi connectivity index (χ1) is 8.58. The highest BCUT2D eigenvalue weighted by atomic mass is 16.3. The van der Waals surface area contributed by atoms with Crippen LogP contribution in [0.15, 0.2) is 0 Å². The second-order valence-corrected chi connectivity index (χ2v) is 5.60. The quantitative estimate of drug-likeness (QED) is 0.793. The summed E-state index contributed by atoms with van der Waals surface area (Å²) in [6.07, 6.45) is 7.24. The molecular weight excluding hydrogens is 228 g/mol. The minimum absolute atomic E-state index is 0.00710. The Kier molecular flexibility index (Phi) is 6.47. The highest BCUT2D eigenvalue weighted by molar-refractivity contribution is 5.74. The van der Waals surface area contributed by atoms with E-state index < -0.39 is 0 Å². The number of rotatable bonds is 5. The standard InChI is InChI=1S/C14H28N2O2/c1-4-5-12-6-8-13(9-7-12)15-14(18)16(3)11(2)10-17/h11-13,17H,4-10H2,1-3H3,(H,15,18). The van der Waals surface area contributed by atoms with Gasteiger partial charge < -0.3 is 15.3 Å². The lowest BCUT2D eigenvalue weighted by atomic mass is 9.83. The number of amides is 2. The Labute approximate surface area is 111 Å². The Morgan fingerprint density at radius 2 is 2.00 bits per heavy atom. The summed E-state index contributed by atoms with van der Waals surface area (Å²) < 4.78 is 0. The summed E-state index contributed by atoms with van der Waals surface area (Å²) in [6.45, 7) is 4.09. The summed E-state index contributed by atoms with van der Waals surface area (Å²) >= 11 is 0. The number of aliphatic hydroxyl groups is 1. The van der Waals surface area contributed by atoms with Crippen LogP contribution < -0.4 is 5.32 Å². The number of carbonyl (C=O) groups excluding carboxylic acids is 1. The molecule has 1 atom stereocenters. The lowest BCUT2D eigenvalue weighted by Gasteiger charge is -2.31. The summed E-state index contributed by atoms with van der Waals surface area (Å²) in [6, 6.07) is 0.135. The molecule has 1 rings (SSSR count). The molecule has 2 N–H and O–H groups in total. The molecule has 1 fully saturated rings. The Morgan fingerprint density at radius 3 is 2.50 bits per heavy atom. The van der Waals surface area contributed by atoms with Crippen LogP contribution in [0.25, 0.3) is 0 Å². The van der Waals surface area contributed by atoms with Crippen molar-refractivity contribution < 1.29 is 9.90 Å². The van der Waals surface area contributed by atoms with Gasteiger partial charge in [0.1, 0.15) is 0 Å². The van der Waals surface area contributed by atoms with Crippen LogP contribution in [0.1, 0.15) is 52.4 Å². The van der Waals surface area contributed by atoms with Gasteiger partial charge in [-0.3, -0.25) is 0 Å². The first-order valence-electron chi connectivity index (χ1n) is 7.22. The van der Waals surface area contributed by atoms with Crippen molar-refractivity contribution in [3.8, 4) is 0 Å². The Bertz CT molecular complexity index is 250. The molecule has 4 heteroatoms. The van der Waals surface area contributed by atoms with Gasteiger partial charge in [-0.2, -0.15) is 0 Å². The van der Waals surface area contributed by atoms with Crippen molar-refractivity contribution in [3.05, 3.63) is 0 Å². The molecule has 0 heterocycles. The number of urea groups is 1. The lowest BCUT2D eigenvalue weighted by molar-refractivity contribution is 0.151. The van der Waals surface area contributed by atoms with Crippen molar-refractivity contribution in [2.75, 3.05) is 13.7 Å². The van der Waals surface area contributed by atoms with E-state index in [2.05, 4.69) is 12.2 Å². The van der Waals surface area contributed by atoms with Gasteiger partial charge in [-0.25, -0.2) is 4.79 Å². The first kappa shape index (κ1) is 15.3. The molecule has 0 aromatic carbocycles. The third-order valence-electron chi connectivity index (χ3n) is 4.12. The molecule has 0 spiro atoms. The van der Waals surface area contributed by atoms with Gasteiger partial charge in [-0.1, -0.05) is 19.8 Å². The molecule has 2 amide bonds. The van der Waals surface area contributed by atoms with Crippen molar-refractivity contribution in [1.82, 2.24) is 10.2 Å².